The van der Waals surface area contributed by atoms with Gasteiger partial charge in [0, 0.05) is 28.6 Å². The predicted molar refractivity (Wildman–Crippen MR) is 155 cm³/mol. The van der Waals surface area contributed by atoms with Crippen molar-refractivity contribution in [3.8, 4) is 0 Å². The summed E-state index contributed by atoms with van der Waals surface area (Å²) in [5.41, 5.74) is 2.54. The highest BCUT2D eigenvalue weighted by atomic mass is 32.2. The van der Waals surface area contributed by atoms with Gasteiger partial charge in [0.05, 0.1) is 11.6 Å². The number of para-hydroxylation sites is 1. The molecule has 0 aliphatic heterocycles. The lowest BCUT2D eigenvalue weighted by atomic mass is 9.84. The third-order valence-corrected chi connectivity index (χ3v) is 8.65. The first-order valence-electron chi connectivity index (χ1n) is 13.8. The number of aliphatic carboxylic acids is 1. The molecule has 5 rings (SSSR count). The van der Waals surface area contributed by atoms with Gasteiger partial charge in [-0.25, -0.2) is 4.79 Å². The molecular formula is C31H33N2O6S-. The molecule has 1 aliphatic rings. The zero-order valence-corrected chi connectivity index (χ0v) is 23.0. The molecule has 1 heterocycles. The maximum atomic E-state index is 13.2. The van der Waals surface area contributed by atoms with E-state index in [0.717, 1.165) is 40.9 Å². The largest absolute Gasteiger partial charge is 0.755 e. The Balaban J connectivity index is 1.23. The topological polar surface area (TPSA) is 123 Å². The third kappa shape index (κ3) is 6.05. The zero-order valence-electron chi connectivity index (χ0n) is 22.2. The quantitative estimate of drug-likeness (QED) is 0.164. The Bertz CT molecular complexity index is 1500. The summed E-state index contributed by atoms with van der Waals surface area (Å²) in [7, 11) is 0. The molecule has 1 amide bonds. The maximum Gasteiger partial charge on any atom is 0.327 e. The van der Waals surface area contributed by atoms with Gasteiger partial charge in [0.1, 0.15) is 17.2 Å². The first kappa shape index (κ1) is 27.9. The molecule has 40 heavy (non-hydrogen) atoms. The Morgan fingerprint density at radius 2 is 1.68 bits per heavy atom. The lowest BCUT2D eigenvalue weighted by Gasteiger charge is -2.32. The first-order chi connectivity index (χ1) is 19.4. The van der Waals surface area contributed by atoms with Gasteiger partial charge in [-0.2, -0.15) is 0 Å². The summed E-state index contributed by atoms with van der Waals surface area (Å²) in [4.78, 5) is 25.4. The van der Waals surface area contributed by atoms with Gasteiger partial charge < -0.3 is 19.4 Å². The van der Waals surface area contributed by atoms with Crippen molar-refractivity contribution in [3.63, 3.8) is 0 Å². The number of carbonyl (C=O) groups is 2. The van der Waals surface area contributed by atoms with Crippen LogP contribution in [-0.4, -0.2) is 38.3 Å². The van der Waals surface area contributed by atoms with Crippen LogP contribution in [0.2, 0.25) is 0 Å². The second-order valence-corrected chi connectivity index (χ2v) is 11.2. The molecule has 0 saturated heterocycles. The van der Waals surface area contributed by atoms with Crippen LogP contribution in [0, 0.1) is 5.92 Å². The molecule has 8 nitrogen and oxygen atoms in total. The molecule has 9 heteroatoms. The van der Waals surface area contributed by atoms with Crippen LogP contribution in [0.3, 0.4) is 0 Å². The van der Waals surface area contributed by atoms with Gasteiger partial charge in [-0.05, 0) is 67.9 Å². The normalized spacial score (nSPS) is 16.1. The van der Waals surface area contributed by atoms with Crippen molar-refractivity contribution >= 4 is 50.8 Å². The summed E-state index contributed by atoms with van der Waals surface area (Å²) in [6.45, 7) is 0.397. The van der Waals surface area contributed by atoms with Gasteiger partial charge >= 0.3 is 5.97 Å². The van der Waals surface area contributed by atoms with Gasteiger partial charge in [0.2, 0.25) is 5.91 Å². The maximum absolute atomic E-state index is 13.2. The second kappa shape index (κ2) is 12.7. The Morgan fingerprint density at radius 1 is 0.975 bits per heavy atom. The highest BCUT2D eigenvalue weighted by molar-refractivity contribution is 7.80. The number of amides is 1. The number of carbonyl (C=O) groups excluding carboxylic acids is 1. The van der Waals surface area contributed by atoms with E-state index in [4.69, 9.17) is 4.42 Å². The summed E-state index contributed by atoms with van der Waals surface area (Å²) >= 11 is -2.81. The van der Waals surface area contributed by atoms with E-state index in [2.05, 4.69) is 5.32 Å². The molecule has 3 unspecified atom stereocenters. The number of nitrogens with one attached hydrogen (secondary N) is 1. The van der Waals surface area contributed by atoms with Gasteiger partial charge in [-0.3, -0.25) is 13.3 Å². The SMILES string of the molecule is O=C(NCCCCC(C(=O)O)N(c1ccc2oc3ccccc3c2c1)S(=O)[O-])C(c1ccccc1)C1CCCC1. The minimum Gasteiger partial charge on any atom is -0.755 e. The minimum atomic E-state index is -2.81. The molecule has 2 N–H and O–H groups in total. The number of furan rings is 1. The monoisotopic (exact) mass is 561 g/mol. The van der Waals surface area contributed by atoms with E-state index in [1.807, 2.05) is 54.6 Å². The lowest BCUT2D eigenvalue weighted by molar-refractivity contribution is -0.138. The Hall–Kier alpha value is -3.69. The highest BCUT2D eigenvalue weighted by Gasteiger charge is 2.32. The Labute approximate surface area is 235 Å². The van der Waals surface area contributed by atoms with E-state index in [0.29, 0.717) is 41.9 Å². The molecular weight excluding hydrogens is 528 g/mol. The number of hydrogen-bond donors (Lipinski definition) is 2. The number of benzene rings is 3. The lowest BCUT2D eigenvalue weighted by Crippen LogP contribution is -2.42. The van der Waals surface area contributed by atoms with Crippen molar-refractivity contribution in [1.29, 1.82) is 0 Å². The average Bonchev–Trinajstić information content (AvgIpc) is 3.60. The molecule has 0 bridgehead atoms. The highest BCUT2D eigenvalue weighted by Crippen LogP contribution is 2.37. The third-order valence-electron chi connectivity index (χ3n) is 7.86. The average molecular weight is 562 g/mol. The molecule has 0 radical (unpaired) electrons. The van der Waals surface area contributed by atoms with Crippen molar-refractivity contribution in [2.45, 2.75) is 56.9 Å². The number of fused-ring (bicyclic) bond motifs is 3. The van der Waals surface area contributed by atoms with Gasteiger partial charge in [-0.15, -0.1) is 0 Å². The number of carboxylic acid groups (broad SMARTS) is 1. The van der Waals surface area contributed by atoms with Crippen LogP contribution < -0.4 is 9.62 Å². The standard InChI is InChI=1S/C31H34N2O6S/c34-30(29(22-12-4-5-13-22)21-10-2-1-3-11-21)32-19-9-8-15-26(31(35)36)33(40(37)38)23-17-18-28-25(20-23)24-14-6-7-16-27(24)39-28/h1-3,6-7,10-11,14,16-18,20,22,26,29H,4-5,8-9,12-13,15,19H2,(H,32,34)(H,35,36)(H,37,38)/p-1. The first-order valence-corrected chi connectivity index (χ1v) is 14.8. The van der Waals surface area contributed by atoms with Crippen molar-refractivity contribution in [2.75, 3.05) is 10.8 Å². The van der Waals surface area contributed by atoms with Crippen molar-refractivity contribution in [2.24, 2.45) is 5.92 Å². The number of unbranched alkanes of at least 4 members (excludes halogenated alkanes) is 1. The molecule has 1 saturated carbocycles. The molecule has 4 aromatic rings. The van der Waals surface area contributed by atoms with E-state index in [1.165, 1.54) is 0 Å². The van der Waals surface area contributed by atoms with Crippen LogP contribution in [-0.2, 0) is 20.9 Å². The van der Waals surface area contributed by atoms with Gasteiger partial charge in [-0.1, -0.05) is 61.4 Å². The number of nitrogens with zero attached hydrogens (tertiary/aromatic N) is 1. The van der Waals surface area contributed by atoms with Crippen LogP contribution in [0.25, 0.3) is 21.9 Å². The molecule has 3 aromatic carbocycles. The second-order valence-electron chi connectivity index (χ2n) is 10.4. The van der Waals surface area contributed by atoms with Crippen LogP contribution in [0.4, 0.5) is 5.69 Å². The minimum absolute atomic E-state index is 0.00388. The molecule has 3 atom stereocenters. The van der Waals surface area contributed by atoms with Crippen molar-refractivity contribution in [3.05, 3.63) is 78.4 Å². The fourth-order valence-electron chi connectivity index (χ4n) is 5.94. The zero-order chi connectivity index (χ0) is 28.1. The smallest absolute Gasteiger partial charge is 0.327 e. The van der Waals surface area contributed by atoms with E-state index >= 15 is 0 Å². The number of carboxylic acids is 1. The van der Waals surface area contributed by atoms with Gasteiger partial charge in [0.15, 0.2) is 0 Å². The number of hydrogen-bond acceptors (Lipinski definition) is 5. The van der Waals surface area contributed by atoms with Crippen LogP contribution in [0.1, 0.15) is 56.4 Å². The summed E-state index contributed by atoms with van der Waals surface area (Å²) in [6, 6.07) is 20.9. The summed E-state index contributed by atoms with van der Waals surface area (Å²) in [5.74, 6) is -1.10. The molecule has 210 valence electrons. The molecule has 1 fully saturated rings. The van der Waals surface area contributed by atoms with Gasteiger partial charge in [0.25, 0.3) is 0 Å². The number of anilines is 1. The van der Waals surface area contributed by atoms with Crippen LogP contribution >= 0.6 is 0 Å². The Morgan fingerprint density at radius 3 is 2.40 bits per heavy atom. The van der Waals surface area contributed by atoms with E-state index < -0.39 is 23.3 Å². The van der Waals surface area contributed by atoms with E-state index in [-0.39, 0.29) is 23.9 Å². The number of rotatable bonds is 12. The molecule has 1 aliphatic carbocycles. The summed E-state index contributed by atoms with van der Waals surface area (Å²) in [6.07, 6.45) is 5.42. The van der Waals surface area contributed by atoms with Crippen molar-refractivity contribution < 1.29 is 27.9 Å². The fraction of sp³-hybridized carbons (Fsp3) is 0.355. The summed E-state index contributed by atoms with van der Waals surface area (Å²) in [5, 5.41) is 14.5. The van der Waals surface area contributed by atoms with Crippen LogP contribution in [0.5, 0.6) is 0 Å². The Kier molecular flexibility index (Phi) is 8.81. The molecule has 0 spiro atoms. The molecule has 1 aromatic heterocycles. The van der Waals surface area contributed by atoms with Crippen LogP contribution in [0.15, 0.2) is 77.2 Å². The van der Waals surface area contributed by atoms with Crippen molar-refractivity contribution in [1.82, 2.24) is 5.32 Å². The summed E-state index contributed by atoms with van der Waals surface area (Å²) < 4.78 is 31.3. The van der Waals surface area contributed by atoms with E-state index in [9.17, 15) is 23.5 Å². The predicted octanol–water partition coefficient (Wildman–Crippen LogP) is 5.90. The fourth-order valence-corrected chi connectivity index (χ4v) is 6.62. The van der Waals surface area contributed by atoms with E-state index in [1.54, 1.807) is 18.2 Å².